The van der Waals surface area contributed by atoms with Crippen LogP contribution in [0, 0.1) is 0 Å². The van der Waals surface area contributed by atoms with Crippen LogP contribution in [0.5, 0.6) is 0 Å². The molecule has 5 aromatic rings. The molecular formula is C26H19F3N6. The first-order valence-corrected chi connectivity index (χ1v) is 10.9. The number of benzene rings is 2. The number of alkyl halides is 3. The van der Waals surface area contributed by atoms with Gasteiger partial charge in [-0.25, -0.2) is 4.98 Å². The maximum absolute atomic E-state index is 13.4. The molecule has 0 bridgehead atoms. The normalized spacial score (nSPS) is 13.6. The van der Waals surface area contributed by atoms with Crippen LogP contribution in [0.4, 0.5) is 36.1 Å². The van der Waals surface area contributed by atoms with Crippen molar-refractivity contribution in [2.24, 2.45) is 0 Å². The van der Waals surface area contributed by atoms with E-state index in [1.807, 2.05) is 49.6 Å². The fourth-order valence-corrected chi connectivity index (χ4v) is 4.57. The van der Waals surface area contributed by atoms with Gasteiger partial charge in [-0.05, 0) is 48.0 Å². The molecule has 174 valence electrons. The number of hydrogen-bond acceptors (Lipinski definition) is 6. The molecule has 6 rings (SSSR count). The van der Waals surface area contributed by atoms with Crippen molar-refractivity contribution in [1.82, 2.24) is 15.0 Å². The number of aromatic nitrogens is 3. The van der Waals surface area contributed by atoms with E-state index in [0.29, 0.717) is 17.8 Å². The molecule has 35 heavy (non-hydrogen) atoms. The van der Waals surface area contributed by atoms with Crippen molar-refractivity contribution in [3.05, 3.63) is 78.8 Å². The molecule has 1 aliphatic rings. The lowest BCUT2D eigenvalue weighted by molar-refractivity contribution is -0.137. The van der Waals surface area contributed by atoms with Crippen LogP contribution in [-0.4, -0.2) is 28.7 Å². The number of pyridine rings is 3. The van der Waals surface area contributed by atoms with Gasteiger partial charge in [0.25, 0.3) is 0 Å². The number of halogens is 3. The second-order valence-electron chi connectivity index (χ2n) is 8.53. The molecule has 2 aromatic carbocycles. The minimum Gasteiger partial charge on any atom is -0.383 e. The first-order valence-electron chi connectivity index (χ1n) is 10.9. The Morgan fingerprint density at radius 3 is 2.54 bits per heavy atom. The molecule has 6 nitrogen and oxygen atoms in total. The van der Waals surface area contributed by atoms with E-state index in [4.69, 9.17) is 5.73 Å². The number of nitrogens with two attached hydrogens (primary N) is 1. The highest BCUT2D eigenvalue weighted by Gasteiger charge is 2.34. The van der Waals surface area contributed by atoms with E-state index in [9.17, 15) is 13.2 Å². The molecular weight excluding hydrogens is 453 g/mol. The quantitative estimate of drug-likeness (QED) is 0.340. The van der Waals surface area contributed by atoms with Crippen molar-refractivity contribution in [3.63, 3.8) is 0 Å². The van der Waals surface area contributed by atoms with E-state index in [2.05, 4.69) is 30.8 Å². The van der Waals surface area contributed by atoms with Crippen molar-refractivity contribution in [2.75, 3.05) is 29.2 Å². The number of hydrogen-bond donors (Lipinski definition) is 1. The average molecular weight is 472 g/mol. The van der Waals surface area contributed by atoms with Crippen LogP contribution >= 0.6 is 0 Å². The lowest BCUT2D eigenvalue weighted by atomic mass is 10.0. The van der Waals surface area contributed by atoms with E-state index in [1.54, 1.807) is 12.3 Å². The van der Waals surface area contributed by atoms with Crippen LogP contribution in [0.25, 0.3) is 32.9 Å². The summed E-state index contributed by atoms with van der Waals surface area (Å²) in [6.45, 7) is 0.605. The predicted molar refractivity (Wildman–Crippen MR) is 132 cm³/mol. The first kappa shape index (κ1) is 21.2. The first-order chi connectivity index (χ1) is 16.8. The highest BCUT2D eigenvalue weighted by molar-refractivity contribution is 6.04. The van der Waals surface area contributed by atoms with Gasteiger partial charge in [0.15, 0.2) is 0 Å². The van der Waals surface area contributed by atoms with Crippen LogP contribution in [0.15, 0.2) is 73.2 Å². The maximum Gasteiger partial charge on any atom is 0.419 e. The van der Waals surface area contributed by atoms with Crippen molar-refractivity contribution >= 4 is 44.7 Å². The van der Waals surface area contributed by atoms with Crippen molar-refractivity contribution in [3.8, 4) is 11.1 Å². The second kappa shape index (κ2) is 7.56. The van der Waals surface area contributed by atoms with Crippen molar-refractivity contribution < 1.29 is 13.2 Å². The third kappa shape index (κ3) is 3.47. The summed E-state index contributed by atoms with van der Waals surface area (Å²) in [5, 5.41) is 1.86. The summed E-state index contributed by atoms with van der Waals surface area (Å²) in [5.74, 6) is -0.539. The minimum absolute atomic E-state index is 0.334. The Labute approximate surface area is 198 Å². The zero-order valence-electron chi connectivity index (χ0n) is 18.6. The van der Waals surface area contributed by atoms with Gasteiger partial charge in [0.05, 0.1) is 40.8 Å². The number of rotatable bonds is 2. The van der Waals surface area contributed by atoms with E-state index >= 15 is 0 Å². The Balaban J connectivity index is 1.52. The Morgan fingerprint density at radius 1 is 0.886 bits per heavy atom. The average Bonchev–Trinajstić information content (AvgIpc) is 3.20. The lowest BCUT2D eigenvalue weighted by Crippen LogP contribution is -2.23. The molecule has 2 N–H and O–H groups in total. The standard InChI is InChI=1S/C26H19F3N6/c1-34-14-35(18-5-7-21-16(9-18)3-2-8-31-21)24-19-10-15(4-6-22(19)32-13-23(24)34)17-11-20(26(27,28)29)25(30)33-12-17/h2-13H,14H2,1H3,(H2,30,33). The summed E-state index contributed by atoms with van der Waals surface area (Å²) in [7, 11) is 1.98. The third-order valence-electron chi connectivity index (χ3n) is 6.31. The molecule has 0 amide bonds. The van der Waals surface area contributed by atoms with E-state index in [1.165, 1.54) is 6.20 Å². The maximum atomic E-state index is 13.4. The van der Waals surface area contributed by atoms with Crippen LogP contribution in [0.3, 0.4) is 0 Å². The fraction of sp³-hybridized carbons (Fsp3) is 0.115. The largest absolute Gasteiger partial charge is 0.419 e. The molecule has 0 saturated heterocycles. The molecule has 0 radical (unpaired) electrons. The molecule has 0 aliphatic carbocycles. The van der Waals surface area contributed by atoms with E-state index in [-0.39, 0.29) is 0 Å². The molecule has 0 saturated carbocycles. The Morgan fingerprint density at radius 2 is 1.71 bits per heavy atom. The molecule has 4 heterocycles. The Kier molecular flexibility index (Phi) is 4.57. The van der Waals surface area contributed by atoms with Gasteiger partial charge in [0, 0.05) is 41.5 Å². The van der Waals surface area contributed by atoms with Crippen LogP contribution < -0.4 is 15.5 Å². The minimum atomic E-state index is -4.59. The smallest absolute Gasteiger partial charge is 0.383 e. The monoisotopic (exact) mass is 472 g/mol. The van der Waals surface area contributed by atoms with Crippen LogP contribution in [0.2, 0.25) is 0 Å². The highest BCUT2D eigenvalue weighted by atomic mass is 19.4. The molecule has 0 atom stereocenters. The van der Waals surface area contributed by atoms with Gasteiger partial charge in [-0.15, -0.1) is 0 Å². The number of nitrogens with zero attached hydrogens (tertiary/aromatic N) is 5. The fourth-order valence-electron chi connectivity index (χ4n) is 4.57. The lowest BCUT2D eigenvalue weighted by Gasteiger charge is -2.21. The van der Waals surface area contributed by atoms with Gasteiger partial charge in [0.1, 0.15) is 5.82 Å². The van der Waals surface area contributed by atoms with Gasteiger partial charge < -0.3 is 15.5 Å². The van der Waals surface area contributed by atoms with Crippen LogP contribution in [0.1, 0.15) is 5.56 Å². The third-order valence-corrected chi connectivity index (χ3v) is 6.31. The summed E-state index contributed by atoms with van der Waals surface area (Å²) < 4.78 is 40.3. The molecule has 0 spiro atoms. The van der Waals surface area contributed by atoms with E-state index < -0.39 is 17.6 Å². The second-order valence-corrected chi connectivity index (χ2v) is 8.53. The van der Waals surface area contributed by atoms with Gasteiger partial charge in [-0.1, -0.05) is 12.1 Å². The topological polar surface area (TPSA) is 71.2 Å². The van der Waals surface area contributed by atoms with Gasteiger partial charge >= 0.3 is 6.18 Å². The number of nitrogen functional groups attached to an aromatic ring is 1. The number of anilines is 4. The zero-order valence-corrected chi connectivity index (χ0v) is 18.6. The summed E-state index contributed by atoms with van der Waals surface area (Å²) >= 11 is 0. The van der Waals surface area contributed by atoms with E-state index in [0.717, 1.165) is 44.9 Å². The Bertz CT molecular complexity index is 1610. The SMILES string of the molecule is CN1CN(c2ccc3ncccc3c2)c2c1cnc1ccc(-c3cnc(N)c(C(F)(F)F)c3)cc21. The number of fused-ring (bicyclic) bond motifs is 4. The molecule has 0 fully saturated rings. The van der Waals surface area contributed by atoms with Crippen LogP contribution in [-0.2, 0) is 6.18 Å². The van der Waals surface area contributed by atoms with Crippen molar-refractivity contribution in [2.45, 2.75) is 6.18 Å². The molecule has 3 aromatic heterocycles. The molecule has 0 unspecified atom stereocenters. The van der Waals surface area contributed by atoms with Gasteiger partial charge in [-0.3, -0.25) is 9.97 Å². The summed E-state index contributed by atoms with van der Waals surface area (Å²) in [6, 6.07) is 16.5. The summed E-state index contributed by atoms with van der Waals surface area (Å²) in [5.41, 5.74) is 10.0. The molecule has 1 aliphatic heterocycles. The Hall–Kier alpha value is -4.40. The van der Waals surface area contributed by atoms with Gasteiger partial charge in [0.2, 0.25) is 0 Å². The predicted octanol–water partition coefficient (Wildman–Crippen LogP) is 5.99. The van der Waals surface area contributed by atoms with Crippen molar-refractivity contribution in [1.29, 1.82) is 0 Å². The highest BCUT2D eigenvalue weighted by Crippen LogP contribution is 2.45. The molecule has 9 heteroatoms. The van der Waals surface area contributed by atoms with Gasteiger partial charge in [-0.2, -0.15) is 13.2 Å². The summed E-state index contributed by atoms with van der Waals surface area (Å²) in [4.78, 5) is 17.1. The zero-order chi connectivity index (χ0) is 24.3. The summed E-state index contributed by atoms with van der Waals surface area (Å²) in [6.07, 6.45) is 0.365.